The van der Waals surface area contributed by atoms with Crippen molar-refractivity contribution >= 4 is 27.2 Å². The molecule has 1 N–H and O–H groups in total. The molecule has 0 amide bonds. The maximum Gasteiger partial charge on any atom is 0.0877 e. The van der Waals surface area contributed by atoms with Gasteiger partial charge in [0.1, 0.15) is 0 Å². The van der Waals surface area contributed by atoms with Crippen LogP contribution >= 0.6 is 8.15 Å². The lowest BCUT2D eigenvalue weighted by Gasteiger charge is -2.11. The molecule has 2 aromatic carbocycles. The van der Waals surface area contributed by atoms with Crippen molar-refractivity contribution in [3.63, 3.8) is 0 Å². The molecule has 0 saturated carbocycles. The minimum absolute atomic E-state index is 0. The molecule has 2 rings (SSSR count). The van der Waals surface area contributed by atoms with Gasteiger partial charge in [0.25, 0.3) is 0 Å². The fraction of sp³-hybridized carbons (Fsp3) is 0.0769. The number of hydrogen-bond donors (Lipinski definition) is 1. The second kappa shape index (κ2) is 5.84. The standard InChI is InChI=1S/C13H13OP.BH3/c1-11-6-5-9-13(10-11)15(14)12-7-3-2-4-8-12;/h2-10,14H,1H3;1H3. The van der Waals surface area contributed by atoms with E-state index >= 15 is 0 Å². The van der Waals surface area contributed by atoms with Crippen LogP contribution in [-0.2, 0) is 0 Å². The van der Waals surface area contributed by atoms with Crippen LogP contribution in [0.4, 0.5) is 0 Å². The predicted molar refractivity (Wildman–Crippen MR) is 76.0 cm³/mol. The number of hydrogen-bond acceptors (Lipinski definition) is 1. The van der Waals surface area contributed by atoms with Gasteiger partial charge in [-0.15, -0.1) is 0 Å². The third kappa shape index (κ3) is 2.94. The molecule has 0 aliphatic rings. The van der Waals surface area contributed by atoms with Crippen LogP contribution in [0.15, 0.2) is 54.6 Å². The maximum atomic E-state index is 10.2. The first-order valence-corrected chi connectivity index (χ1v) is 6.17. The van der Waals surface area contributed by atoms with Crippen LogP contribution in [0.2, 0.25) is 0 Å². The van der Waals surface area contributed by atoms with E-state index in [4.69, 9.17) is 0 Å². The number of rotatable bonds is 2. The Kier molecular flexibility index (Phi) is 4.73. The Morgan fingerprint density at radius 1 is 0.875 bits per heavy atom. The van der Waals surface area contributed by atoms with E-state index in [-0.39, 0.29) is 8.41 Å². The second-order valence-electron chi connectivity index (χ2n) is 3.49. The van der Waals surface area contributed by atoms with Gasteiger partial charge in [-0.2, -0.15) is 0 Å². The van der Waals surface area contributed by atoms with Gasteiger partial charge in [-0.1, -0.05) is 54.1 Å². The highest BCUT2D eigenvalue weighted by Gasteiger charge is 2.09. The lowest BCUT2D eigenvalue weighted by atomic mass is 10.2. The molecular weight excluding hydrogens is 214 g/mol. The quantitative estimate of drug-likeness (QED) is 0.606. The topological polar surface area (TPSA) is 20.2 Å². The number of benzene rings is 2. The third-order valence-electron chi connectivity index (χ3n) is 2.25. The first-order chi connectivity index (χ1) is 7.27. The predicted octanol–water partition coefficient (Wildman–Crippen LogP) is 1.15. The highest BCUT2D eigenvalue weighted by Crippen LogP contribution is 2.27. The van der Waals surface area contributed by atoms with Crippen LogP contribution in [-0.4, -0.2) is 13.3 Å². The smallest absolute Gasteiger partial charge is 0.0877 e. The minimum atomic E-state index is -1.19. The van der Waals surface area contributed by atoms with Gasteiger partial charge in [0, 0.05) is 10.6 Å². The molecule has 16 heavy (non-hydrogen) atoms. The summed E-state index contributed by atoms with van der Waals surface area (Å²) in [7, 11) is -1.19. The fourth-order valence-electron chi connectivity index (χ4n) is 1.48. The van der Waals surface area contributed by atoms with Crippen molar-refractivity contribution in [1.82, 2.24) is 0 Å². The van der Waals surface area contributed by atoms with Crippen molar-refractivity contribution in [2.75, 3.05) is 0 Å². The van der Waals surface area contributed by atoms with Gasteiger partial charge >= 0.3 is 0 Å². The van der Waals surface area contributed by atoms with Crippen LogP contribution in [0.25, 0.3) is 0 Å². The molecule has 1 nitrogen and oxygen atoms in total. The van der Waals surface area contributed by atoms with Crippen molar-refractivity contribution in [2.45, 2.75) is 6.92 Å². The van der Waals surface area contributed by atoms with Crippen LogP contribution in [0.1, 0.15) is 5.56 Å². The zero-order valence-electron chi connectivity index (χ0n) is 8.59. The molecule has 0 fully saturated rings. The molecule has 82 valence electrons. The van der Waals surface area contributed by atoms with E-state index in [9.17, 15) is 4.89 Å². The van der Waals surface area contributed by atoms with Crippen molar-refractivity contribution in [1.29, 1.82) is 0 Å². The molecule has 0 saturated heterocycles. The summed E-state index contributed by atoms with van der Waals surface area (Å²) < 4.78 is 0. The molecule has 0 radical (unpaired) electrons. The number of aryl methyl sites for hydroxylation is 1. The van der Waals surface area contributed by atoms with Crippen molar-refractivity contribution < 1.29 is 4.89 Å². The SMILES string of the molecule is B.Cc1cccc(P(O)c2ccccc2)c1. The molecule has 1 atom stereocenters. The lowest BCUT2D eigenvalue weighted by molar-refractivity contribution is 0.644. The summed E-state index contributed by atoms with van der Waals surface area (Å²) in [4.78, 5) is 10.2. The molecule has 0 aromatic heterocycles. The van der Waals surface area contributed by atoms with Crippen LogP contribution in [0.3, 0.4) is 0 Å². The molecule has 0 bridgehead atoms. The summed E-state index contributed by atoms with van der Waals surface area (Å²) in [6, 6.07) is 17.8. The van der Waals surface area contributed by atoms with Gasteiger partial charge in [-0.05, 0) is 13.0 Å². The largest absolute Gasteiger partial charge is 0.364 e. The van der Waals surface area contributed by atoms with Gasteiger partial charge in [-0.25, -0.2) is 0 Å². The van der Waals surface area contributed by atoms with Gasteiger partial charge in [0.05, 0.1) is 16.6 Å². The van der Waals surface area contributed by atoms with E-state index < -0.39 is 8.15 Å². The van der Waals surface area contributed by atoms with E-state index in [0.717, 1.165) is 10.6 Å². The van der Waals surface area contributed by atoms with E-state index in [1.807, 2.05) is 61.5 Å². The highest BCUT2D eigenvalue weighted by molar-refractivity contribution is 7.67. The van der Waals surface area contributed by atoms with Crippen LogP contribution in [0.5, 0.6) is 0 Å². The van der Waals surface area contributed by atoms with E-state index in [1.54, 1.807) is 0 Å². The van der Waals surface area contributed by atoms with E-state index in [1.165, 1.54) is 5.56 Å². The van der Waals surface area contributed by atoms with Gasteiger partial charge in [0.2, 0.25) is 0 Å². The summed E-state index contributed by atoms with van der Waals surface area (Å²) in [5.74, 6) is 0. The fourth-order valence-corrected chi connectivity index (χ4v) is 2.78. The highest BCUT2D eigenvalue weighted by atomic mass is 31.1. The molecule has 2 aromatic rings. The van der Waals surface area contributed by atoms with Gasteiger partial charge < -0.3 is 4.89 Å². The Morgan fingerprint density at radius 3 is 2.12 bits per heavy atom. The van der Waals surface area contributed by atoms with Crippen molar-refractivity contribution in [2.24, 2.45) is 0 Å². The van der Waals surface area contributed by atoms with Crippen molar-refractivity contribution in [3.05, 3.63) is 60.2 Å². The van der Waals surface area contributed by atoms with Gasteiger partial charge in [-0.3, -0.25) is 0 Å². The molecule has 3 heteroatoms. The average molecular weight is 230 g/mol. The Labute approximate surface area is 99.6 Å². The lowest BCUT2D eigenvalue weighted by Crippen LogP contribution is -2.10. The molecule has 0 spiro atoms. The summed E-state index contributed by atoms with van der Waals surface area (Å²) in [5, 5.41) is 2.01. The molecular formula is C13H16BOP. The van der Waals surface area contributed by atoms with Gasteiger partial charge in [0.15, 0.2) is 0 Å². The maximum absolute atomic E-state index is 10.2. The normalized spacial score (nSPS) is 11.6. The zero-order chi connectivity index (χ0) is 10.7. The Balaban J connectivity index is 0.00000128. The zero-order valence-corrected chi connectivity index (χ0v) is 9.49. The molecule has 1 unspecified atom stereocenters. The first kappa shape index (κ1) is 13.0. The minimum Gasteiger partial charge on any atom is -0.364 e. The summed E-state index contributed by atoms with van der Waals surface area (Å²) in [6.45, 7) is 2.04. The Morgan fingerprint density at radius 2 is 1.50 bits per heavy atom. The van der Waals surface area contributed by atoms with Crippen molar-refractivity contribution in [3.8, 4) is 0 Å². The van der Waals surface area contributed by atoms with E-state index in [0.29, 0.717) is 0 Å². The van der Waals surface area contributed by atoms with Crippen LogP contribution < -0.4 is 10.6 Å². The molecule has 0 heterocycles. The first-order valence-electron chi connectivity index (χ1n) is 4.88. The summed E-state index contributed by atoms with van der Waals surface area (Å²) >= 11 is 0. The van der Waals surface area contributed by atoms with E-state index in [2.05, 4.69) is 0 Å². The Hall–Kier alpha value is -1.11. The molecule has 0 aliphatic carbocycles. The monoisotopic (exact) mass is 230 g/mol. The third-order valence-corrected chi connectivity index (χ3v) is 3.80. The average Bonchev–Trinajstić information content (AvgIpc) is 2.29. The Bertz CT molecular complexity index is 445. The second-order valence-corrected chi connectivity index (χ2v) is 5.14. The summed E-state index contributed by atoms with van der Waals surface area (Å²) in [5.41, 5.74) is 1.19. The molecule has 0 aliphatic heterocycles. The van der Waals surface area contributed by atoms with Crippen LogP contribution in [0, 0.1) is 6.92 Å². The summed E-state index contributed by atoms with van der Waals surface area (Å²) in [6.07, 6.45) is 0.